The van der Waals surface area contributed by atoms with Crippen molar-refractivity contribution in [1.29, 1.82) is 0 Å². The van der Waals surface area contributed by atoms with Crippen molar-refractivity contribution in [3.8, 4) is 0 Å². The number of hydrogen-bond donors (Lipinski definition) is 5. The zero-order valence-electron chi connectivity index (χ0n) is 10.1. The summed E-state index contributed by atoms with van der Waals surface area (Å²) in [5.74, 6) is -0.433. The molecule has 0 radical (unpaired) electrons. The van der Waals surface area contributed by atoms with E-state index < -0.39 is 11.8 Å². The largest absolute Gasteiger partial charge is 0.347 e. The second-order valence-corrected chi connectivity index (χ2v) is 6.07. The van der Waals surface area contributed by atoms with Crippen molar-refractivity contribution in [3.63, 3.8) is 0 Å². The molecule has 0 heterocycles. The SMILES string of the molecule is C[SH](C)CNC(=O)CNC(=O)CNC(=O)CN. The Morgan fingerprint density at radius 3 is 1.88 bits per heavy atom. The number of nitrogens with two attached hydrogens (primary N) is 1. The smallest absolute Gasteiger partial charge is 0.239 e. The monoisotopic (exact) mass is 264 g/mol. The topological polar surface area (TPSA) is 113 Å². The van der Waals surface area contributed by atoms with Gasteiger partial charge in [0.1, 0.15) is 0 Å². The van der Waals surface area contributed by atoms with E-state index in [1.165, 1.54) is 0 Å². The molecule has 0 unspecified atom stereocenters. The average molecular weight is 264 g/mol. The van der Waals surface area contributed by atoms with Gasteiger partial charge in [-0.3, -0.25) is 14.4 Å². The van der Waals surface area contributed by atoms with E-state index in [-0.39, 0.29) is 36.4 Å². The fraction of sp³-hybridized carbons (Fsp3) is 0.667. The van der Waals surface area contributed by atoms with E-state index in [1.54, 1.807) is 0 Å². The van der Waals surface area contributed by atoms with Crippen molar-refractivity contribution in [2.45, 2.75) is 0 Å². The van der Waals surface area contributed by atoms with E-state index in [0.29, 0.717) is 5.88 Å². The van der Waals surface area contributed by atoms with Crippen molar-refractivity contribution in [2.24, 2.45) is 5.73 Å². The molecule has 5 N–H and O–H groups in total. The highest BCUT2D eigenvalue weighted by Crippen LogP contribution is 2.08. The standard InChI is InChI=1S/C9H20N4O3S/c1-17(2)6-13-9(16)5-12-8(15)4-11-7(14)3-10/h17H,3-6,10H2,1-2H3,(H,11,14)(H,12,15)(H,13,16). The van der Waals surface area contributed by atoms with Crippen molar-refractivity contribution in [3.05, 3.63) is 0 Å². The van der Waals surface area contributed by atoms with Crippen molar-refractivity contribution >= 4 is 28.6 Å². The van der Waals surface area contributed by atoms with Gasteiger partial charge >= 0.3 is 0 Å². The van der Waals surface area contributed by atoms with Crippen LogP contribution < -0.4 is 21.7 Å². The molecule has 0 aromatic carbocycles. The van der Waals surface area contributed by atoms with Gasteiger partial charge in [-0.05, 0) is 12.5 Å². The lowest BCUT2D eigenvalue weighted by molar-refractivity contribution is -0.127. The summed E-state index contributed by atoms with van der Waals surface area (Å²) in [6.07, 6.45) is 4.08. The fourth-order valence-electron chi connectivity index (χ4n) is 0.801. The quantitative estimate of drug-likeness (QED) is 0.327. The molecule has 0 spiro atoms. The minimum Gasteiger partial charge on any atom is -0.347 e. The van der Waals surface area contributed by atoms with Crippen LogP contribution in [0.2, 0.25) is 0 Å². The average Bonchev–Trinajstić information content (AvgIpc) is 2.30. The molecule has 0 rings (SSSR count). The lowest BCUT2D eigenvalue weighted by Gasteiger charge is -2.11. The van der Waals surface area contributed by atoms with Crippen LogP contribution in [0.15, 0.2) is 0 Å². The molecule has 8 heteroatoms. The zero-order valence-corrected chi connectivity index (χ0v) is 11.0. The number of carbonyl (C=O) groups is 3. The normalized spacial score (nSPS) is 10.4. The maximum absolute atomic E-state index is 11.2. The molecule has 3 amide bonds. The zero-order chi connectivity index (χ0) is 13.3. The maximum atomic E-state index is 11.2. The van der Waals surface area contributed by atoms with Gasteiger partial charge in [0.2, 0.25) is 17.7 Å². The van der Waals surface area contributed by atoms with Crippen LogP contribution in [0.1, 0.15) is 0 Å². The minimum atomic E-state index is -0.419. The maximum Gasteiger partial charge on any atom is 0.239 e. The van der Waals surface area contributed by atoms with Gasteiger partial charge in [-0.1, -0.05) is 0 Å². The summed E-state index contributed by atoms with van der Waals surface area (Å²) in [6.45, 7) is -0.414. The Bertz CT molecular complexity index is 283. The van der Waals surface area contributed by atoms with Gasteiger partial charge in [0.25, 0.3) is 0 Å². The third-order valence-electron chi connectivity index (χ3n) is 1.67. The Kier molecular flexibility index (Phi) is 8.16. The number of hydrogen-bond acceptors (Lipinski definition) is 4. The van der Waals surface area contributed by atoms with Gasteiger partial charge in [0, 0.05) is 5.88 Å². The Labute approximate surface area is 103 Å². The molecule has 0 fully saturated rings. The van der Waals surface area contributed by atoms with Crippen LogP contribution in [0.25, 0.3) is 0 Å². The van der Waals surface area contributed by atoms with Crippen LogP contribution in [0.5, 0.6) is 0 Å². The van der Waals surface area contributed by atoms with E-state index >= 15 is 0 Å². The van der Waals surface area contributed by atoms with Crippen LogP contribution >= 0.6 is 10.9 Å². The molecular formula is C9H20N4O3S. The molecule has 0 saturated heterocycles. The van der Waals surface area contributed by atoms with Crippen LogP contribution in [0.3, 0.4) is 0 Å². The first-order valence-corrected chi connectivity index (χ1v) is 7.52. The molecule has 0 atom stereocenters. The number of amides is 3. The number of rotatable bonds is 7. The molecule has 0 aliphatic carbocycles. The Morgan fingerprint density at radius 2 is 1.41 bits per heavy atom. The Balaban J connectivity index is 3.62. The second-order valence-electron chi connectivity index (χ2n) is 3.60. The van der Waals surface area contributed by atoms with Crippen LogP contribution in [0, 0.1) is 0 Å². The highest BCUT2D eigenvalue weighted by atomic mass is 32.2. The Morgan fingerprint density at radius 1 is 0.941 bits per heavy atom. The molecule has 7 nitrogen and oxygen atoms in total. The van der Waals surface area contributed by atoms with E-state index in [2.05, 4.69) is 16.0 Å². The highest BCUT2D eigenvalue weighted by Gasteiger charge is 2.06. The summed E-state index contributed by atoms with van der Waals surface area (Å²) in [7, 11) is -0.192. The first-order valence-electron chi connectivity index (χ1n) is 5.10. The van der Waals surface area contributed by atoms with Gasteiger partial charge in [0.15, 0.2) is 0 Å². The van der Waals surface area contributed by atoms with Crippen molar-refractivity contribution < 1.29 is 14.4 Å². The van der Waals surface area contributed by atoms with Crippen LogP contribution in [-0.4, -0.2) is 55.7 Å². The van der Waals surface area contributed by atoms with Crippen molar-refractivity contribution in [1.82, 2.24) is 16.0 Å². The van der Waals surface area contributed by atoms with E-state index in [4.69, 9.17) is 5.73 Å². The van der Waals surface area contributed by atoms with Crippen molar-refractivity contribution in [2.75, 3.05) is 38.0 Å². The van der Waals surface area contributed by atoms with Gasteiger partial charge in [-0.15, -0.1) is 0 Å². The summed E-state index contributed by atoms with van der Waals surface area (Å²) < 4.78 is 0. The molecule has 100 valence electrons. The van der Waals surface area contributed by atoms with Crippen LogP contribution in [-0.2, 0) is 14.4 Å². The van der Waals surface area contributed by atoms with E-state index in [0.717, 1.165) is 0 Å². The molecule has 0 bridgehead atoms. The predicted molar refractivity (Wildman–Crippen MR) is 68.9 cm³/mol. The van der Waals surface area contributed by atoms with Gasteiger partial charge in [0.05, 0.1) is 19.6 Å². The van der Waals surface area contributed by atoms with Crippen LogP contribution in [0.4, 0.5) is 0 Å². The Hall–Kier alpha value is -1.28. The molecule has 0 saturated carbocycles. The summed E-state index contributed by atoms with van der Waals surface area (Å²) in [6, 6.07) is 0. The molecule has 0 aliphatic heterocycles. The first kappa shape index (κ1) is 15.7. The predicted octanol–water partition coefficient (Wildman–Crippen LogP) is -2.49. The fourth-order valence-corrected chi connectivity index (χ4v) is 1.29. The summed E-state index contributed by atoms with van der Waals surface area (Å²) in [4.78, 5) is 33.1. The van der Waals surface area contributed by atoms with E-state index in [9.17, 15) is 14.4 Å². The van der Waals surface area contributed by atoms with Gasteiger partial charge in [-0.2, -0.15) is 0 Å². The van der Waals surface area contributed by atoms with Gasteiger partial charge in [-0.25, -0.2) is 10.9 Å². The van der Waals surface area contributed by atoms with Gasteiger partial charge < -0.3 is 21.7 Å². The summed E-state index contributed by atoms with van der Waals surface area (Å²) in [5.41, 5.74) is 5.04. The van der Waals surface area contributed by atoms with E-state index in [1.807, 2.05) is 12.5 Å². The third-order valence-corrected chi connectivity index (χ3v) is 2.46. The number of nitrogens with one attached hydrogen (secondary N) is 3. The number of thiol groups is 1. The lowest BCUT2D eigenvalue weighted by Crippen LogP contribution is -2.43. The summed E-state index contributed by atoms with van der Waals surface area (Å²) in [5, 5.41) is 7.37. The lowest BCUT2D eigenvalue weighted by atomic mass is 10.5. The molecule has 0 aliphatic rings. The molecule has 0 aromatic rings. The minimum absolute atomic E-state index is 0.0828. The molecule has 17 heavy (non-hydrogen) atoms. The second kappa shape index (κ2) is 8.82. The number of carbonyl (C=O) groups excluding carboxylic acids is 3. The molecular weight excluding hydrogens is 244 g/mol. The molecule has 0 aromatic heterocycles. The first-order chi connectivity index (χ1) is 7.95. The summed E-state index contributed by atoms with van der Waals surface area (Å²) >= 11 is 0. The highest BCUT2D eigenvalue weighted by molar-refractivity contribution is 8.15. The third kappa shape index (κ3) is 9.64.